The Balaban J connectivity index is 0.00000364. The Labute approximate surface area is 182 Å². The molecule has 0 radical (unpaired) electrons. The average Bonchev–Trinajstić information content (AvgIpc) is 2.56. The van der Waals surface area contributed by atoms with E-state index in [1.54, 1.807) is 0 Å². The van der Waals surface area contributed by atoms with Gasteiger partial charge in [-0.25, -0.2) is 0 Å². The minimum absolute atomic E-state index is 0. The summed E-state index contributed by atoms with van der Waals surface area (Å²) in [6.45, 7) is 14.1. The minimum atomic E-state index is -0.191. The van der Waals surface area contributed by atoms with E-state index in [0.717, 1.165) is 69.8 Å². The lowest BCUT2D eigenvalue weighted by Crippen LogP contribution is -2.47. The molecular weight excluding hydrogens is 453 g/mol. The average molecular weight is 493 g/mol. The molecular formula is C20H40IN5O. The fraction of sp³-hybridized carbons (Fsp3) is 0.900. The second kappa shape index (κ2) is 12.8. The van der Waals surface area contributed by atoms with Crippen molar-refractivity contribution >= 4 is 35.8 Å². The summed E-state index contributed by atoms with van der Waals surface area (Å²) in [5, 5.41) is 3.42. The van der Waals surface area contributed by atoms with Gasteiger partial charge in [0.1, 0.15) is 0 Å². The largest absolute Gasteiger partial charge is 0.370 e. The van der Waals surface area contributed by atoms with Crippen LogP contribution < -0.4 is 11.1 Å². The number of likely N-dealkylation sites (tertiary alicyclic amines) is 2. The topological polar surface area (TPSA) is 74.0 Å². The van der Waals surface area contributed by atoms with Gasteiger partial charge in [0, 0.05) is 45.7 Å². The van der Waals surface area contributed by atoms with Crippen molar-refractivity contribution < 1.29 is 4.79 Å². The molecule has 0 spiro atoms. The molecule has 2 heterocycles. The van der Waals surface area contributed by atoms with E-state index in [0.29, 0.717) is 12.3 Å². The van der Waals surface area contributed by atoms with Crippen LogP contribution in [0, 0.1) is 17.8 Å². The van der Waals surface area contributed by atoms with Gasteiger partial charge < -0.3 is 20.9 Å². The SMILES string of the molecule is CCNC(=NCCCN1CC(C)CC(C)C1)N1CCCC(CC(N)=O)C1.I. The first kappa shape index (κ1) is 24.5. The van der Waals surface area contributed by atoms with E-state index < -0.39 is 0 Å². The summed E-state index contributed by atoms with van der Waals surface area (Å²) >= 11 is 0. The van der Waals surface area contributed by atoms with Gasteiger partial charge in [0.2, 0.25) is 5.91 Å². The van der Waals surface area contributed by atoms with Gasteiger partial charge in [-0.2, -0.15) is 0 Å². The summed E-state index contributed by atoms with van der Waals surface area (Å²) in [5.41, 5.74) is 5.38. The second-order valence-corrected chi connectivity index (χ2v) is 8.42. The highest BCUT2D eigenvalue weighted by Gasteiger charge is 2.24. The van der Waals surface area contributed by atoms with Crippen molar-refractivity contribution in [2.24, 2.45) is 28.5 Å². The molecule has 2 rings (SSSR count). The van der Waals surface area contributed by atoms with Crippen LogP contribution in [0.25, 0.3) is 0 Å². The quantitative estimate of drug-likeness (QED) is 0.248. The van der Waals surface area contributed by atoms with Crippen molar-refractivity contribution in [3.8, 4) is 0 Å². The lowest BCUT2D eigenvalue weighted by atomic mass is 9.92. The van der Waals surface area contributed by atoms with Gasteiger partial charge in [0.25, 0.3) is 0 Å². The van der Waals surface area contributed by atoms with Crippen LogP contribution in [0.1, 0.15) is 52.9 Å². The summed E-state index contributed by atoms with van der Waals surface area (Å²) in [7, 11) is 0. The molecule has 3 unspecified atom stereocenters. The zero-order valence-electron chi connectivity index (χ0n) is 17.5. The molecule has 0 aromatic carbocycles. The minimum Gasteiger partial charge on any atom is -0.370 e. The van der Waals surface area contributed by atoms with Gasteiger partial charge in [0.15, 0.2) is 5.96 Å². The highest BCUT2D eigenvalue weighted by Crippen LogP contribution is 2.21. The number of hydrogen-bond donors (Lipinski definition) is 2. The maximum absolute atomic E-state index is 11.2. The van der Waals surface area contributed by atoms with E-state index in [9.17, 15) is 4.79 Å². The first-order valence-electron chi connectivity index (χ1n) is 10.5. The molecule has 6 nitrogen and oxygen atoms in total. The van der Waals surface area contributed by atoms with Crippen LogP contribution >= 0.6 is 24.0 Å². The van der Waals surface area contributed by atoms with Crippen LogP contribution in [0.5, 0.6) is 0 Å². The maximum atomic E-state index is 11.2. The molecule has 1 amide bonds. The molecule has 0 aliphatic carbocycles. The summed E-state index contributed by atoms with van der Waals surface area (Å²) in [5.74, 6) is 2.80. The molecule has 27 heavy (non-hydrogen) atoms. The van der Waals surface area contributed by atoms with Crippen molar-refractivity contribution in [1.29, 1.82) is 0 Å². The number of carbonyl (C=O) groups is 1. The number of piperidine rings is 2. The van der Waals surface area contributed by atoms with E-state index in [1.807, 2.05) is 0 Å². The molecule has 0 aromatic rings. The third-order valence-electron chi connectivity index (χ3n) is 5.48. The highest BCUT2D eigenvalue weighted by atomic mass is 127. The molecule has 0 saturated carbocycles. The van der Waals surface area contributed by atoms with Gasteiger partial charge in [-0.15, -0.1) is 24.0 Å². The third kappa shape index (κ3) is 8.98. The summed E-state index contributed by atoms with van der Waals surface area (Å²) in [6, 6.07) is 0. The predicted molar refractivity (Wildman–Crippen MR) is 124 cm³/mol. The number of carbonyl (C=O) groups excluding carboxylic acids is 1. The standard InChI is InChI=1S/C20H39N5O.HI/c1-4-22-20(25-10-5-7-18(15-25)12-19(21)26)23-8-6-9-24-13-16(2)11-17(3)14-24;/h16-18H,4-15H2,1-3H3,(H2,21,26)(H,22,23);1H. The Morgan fingerprint density at radius 3 is 2.56 bits per heavy atom. The van der Waals surface area contributed by atoms with Crippen LogP contribution in [-0.2, 0) is 4.79 Å². The van der Waals surface area contributed by atoms with Gasteiger partial charge in [0.05, 0.1) is 0 Å². The summed E-state index contributed by atoms with van der Waals surface area (Å²) < 4.78 is 0. The smallest absolute Gasteiger partial charge is 0.217 e. The number of nitrogens with zero attached hydrogens (tertiary/aromatic N) is 3. The zero-order chi connectivity index (χ0) is 18.9. The Morgan fingerprint density at radius 2 is 1.93 bits per heavy atom. The molecule has 2 saturated heterocycles. The van der Waals surface area contributed by atoms with Crippen molar-refractivity contribution in [2.45, 2.75) is 52.9 Å². The number of primary amides is 1. The Kier molecular flexibility index (Phi) is 11.6. The monoisotopic (exact) mass is 493 g/mol. The Morgan fingerprint density at radius 1 is 1.22 bits per heavy atom. The van der Waals surface area contributed by atoms with Gasteiger partial charge in [-0.05, 0) is 56.9 Å². The molecule has 3 N–H and O–H groups in total. The molecule has 0 aromatic heterocycles. The molecule has 2 aliphatic heterocycles. The van der Waals surface area contributed by atoms with Crippen LogP contribution in [-0.4, -0.2) is 67.5 Å². The zero-order valence-corrected chi connectivity index (χ0v) is 19.8. The van der Waals surface area contributed by atoms with Crippen molar-refractivity contribution in [3.05, 3.63) is 0 Å². The second-order valence-electron chi connectivity index (χ2n) is 8.42. The number of halogens is 1. The molecule has 0 bridgehead atoms. The Hall–Kier alpha value is -0.570. The van der Waals surface area contributed by atoms with Crippen molar-refractivity contribution in [1.82, 2.24) is 15.1 Å². The fourth-order valence-electron chi connectivity index (χ4n) is 4.59. The Bertz CT molecular complexity index is 463. The molecule has 3 atom stereocenters. The maximum Gasteiger partial charge on any atom is 0.217 e. The number of nitrogens with two attached hydrogens (primary N) is 1. The molecule has 2 aliphatic rings. The van der Waals surface area contributed by atoms with Gasteiger partial charge in [-0.1, -0.05) is 13.8 Å². The first-order chi connectivity index (χ1) is 12.5. The number of hydrogen-bond acceptors (Lipinski definition) is 3. The normalized spacial score (nSPS) is 27.1. The number of amides is 1. The first-order valence-corrected chi connectivity index (χ1v) is 10.5. The van der Waals surface area contributed by atoms with E-state index in [1.165, 1.54) is 19.5 Å². The van der Waals surface area contributed by atoms with Crippen LogP contribution in [0.4, 0.5) is 0 Å². The van der Waals surface area contributed by atoms with Crippen LogP contribution in [0.15, 0.2) is 4.99 Å². The summed E-state index contributed by atoms with van der Waals surface area (Å²) in [4.78, 5) is 21.0. The predicted octanol–water partition coefficient (Wildman–Crippen LogP) is 2.53. The third-order valence-corrected chi connectivity index (χ3v) is 5.48. The van der Waals surface area contributed by atoms with Crippen molar-refractivity contribution in [2.75, 3.05) is 45.8 Å². The van der Waals surface area contributed by atoms with E-state index in [2.05, 4.69) is 35.9 Å². The van der Waals surface area contributed by atoms with E-state index >= 15 is 0 Å². The lowest BCUT2D eigenvalue weighted by molar-refractivity contribution is -0.119. The summed E-state index contributed by atoms with van der Waals surface area (Å²) in [6.07, 6.45) is 5.14. The van der Waals surface area contributed by atoms with Crippen LogP contribution in [0.2, 0.25) is 0 Å². The molecule has 2 fully saturated rings. The molecule has 158 valence electrons. The van der Waals surface area contributed by atoms with Gasteiger partial charge in [-0.3, -0.25) is 9.79 Å². The van der Waals surface area contributed by atoms with E-state index in [-0.39, 0.29) is 29.9 Å². The molecule has 7 heteroatoms. The number of aliphatic imine (C=N–C) groups is 1. The van der Waals surface area contributed by atoms with Gasteiger partial charge >= 0.3 is 0 Å². The number of guanidine groups is 1. The number of nitrogens with one attached hydrogen (secondary N) is 1. The number of rotatable bonds is 7. The fourth-order valence-corrected chi connectivity index (χ4v) is 4.59. The van der Waals surface area contributed by atoms with Crippen LogP contribution in [0.3, 0.4) is 0 Å². The van der Waals surface area contributed by atoms with Crippen molar-refractivity contribution in [3.63, 3.8) is 0 Å². The van der Waals surface area contributed by atoms with E-state index in [4.69, 9.17) is 10.7 Å². The highest BCUT2D eigenvalue weighted by molar-refractivity contribution is 14.0. The lowest BCUT2D eigenvalue weighted by Gasteiger charge is -2.35.